The number of anilines is 1. The van der Waals surface area contributed by atoms with Gasteiger partial charge in [-0.25, -0.2) is 4.98 Å². The van der Waals surface area contributed by atoms with E-state index in [1.54, 1.807) is 0 Å². The molecule has 2 N–H and O–H groups in total. The van der Waals surface area contributed by atoms with Crippen molar-refractivity contribution in [3.05, 3.63) is 47.3 Å². The van der Waals surface area contributed by atoms with Crippen LogP contribution in [0.15, 0.2) is 30.5 Å². The van der Waals surface area contributed by atoms with Gasteiger partial charge in [-0.2, -0.15) is 0 Å². The van der Waals surface area contributed by atoms with Crippen LogP contribution < -0.4 is 5.73 Å². The highest BCUT2D eigenvalue weighted by Gasteiger charge is 2.04. The molecule has 1 aromatic heterocycles. The number of aromatic nitrogens is 2. The second-order valence-electron chi connectivity index (χ2n) is 5.06. The van der Waals surface area contributed by atoms with E-state index in [0.29, 0.717) is 11.9 Å². The zero-order valence-electron chi connectivity index (χ0n) is 11.4. The van der Waals surface area contributed by atoms with Gasteiger partial charge in [-0.15, -0.1) is 0 Å². The van der Waals surface area contributed by atoms with Gasteiger partial charge in [0.15, 0.2) is 5.95 Å². The first-order valence-electron chi connectivity index (χ1n) is 6.43. The number of hydrogen-bond acceptors (Lipinski definition) is 2. The van der Waals surface area contributed by atoms with Crippen molar-refractivity contribution in [2.45, 2.75) is 32.6 Å². The van der Waals surface area contributed by atoms with Gasteiger partial charge in [-0.1, -0.05) is 38.1 Å². The summed E-state index contributed by atoms with van der Waals surface area (Å²) in [5, 5.41) is 0. The van der Waals surface area contributed by atoms with Crippen LogP contribution >= 0.6 is 0 Å². The molecular formula is C15H21N3. The van der Waals surface area contributed by atoms with Gasteiger partial charge in [-0.3, -0.25) is 0 Å². The summed E-state index contributed by atoms with van der Waals surface area (Å²) in [5.74, 6) is 1.18. The van der Waals surface area contributed by atoms with Crippen LogP contribution in [0, 0.1) is 0 Å². The Morgan fingerprint density at radius 3 is 2.33 bits per heavy atom. The van der Waals surface area contributed by atoms with E-state index in [1.807, 2.05) is 17.8 Å². The number of nitrogens with zero attached hydrogens (tertiary/aromatic N) is 2. The molecular weight excluding hydrogens is 222 g/mol. The molecule has 0 fully saturated rings. The lowest BCUT2D eigenvalue weighted by atomic mass is 10.00. The predicted octanol–water partition coefficient (Wildman–Crippen LogP) is 2.91. The number of aryl methyl sites for hydroxylation is 2. The van der Waals surface area contributed by atoms with E-state index in [4.69, 9.17) is 5.73 Å². The highest BCUT2D eigenvalue weighted by molar-refractivity contribution is 5.26. The van der Waals surface area contributed by atoms with E-state index < -0.39 is 0 Å². The van der Waals surface area contributed by atoms with Gasteiger partial charge in [0, 0.05) is 12.7 Å². The maximum Gasteiger partial charge on any atom is 0.200 e. The maximum atomic E-state index is 5.71. The van der Waals surface area contributed by atoms with Gasteiger partial charge in [0.2, 0.25) is 0 Å². The van der Waals surface area contributed by atoms with E-state index in [1.165, 1.54) is 16.8 Å². The Labute approximate surface area is 109 Å². The molecule has 3 nitrogen and oxygen atoms in total. The van der Waals surface area contributed by atoms with Crippen molar-refractivity contribution in [2.24, 2.45) is 7.05 Å². The molecule has 3 heteroatoms. The molecule has 1 aromatic carbocycles. The molecule has 0 aliphatic rings. The van der Waals surface area contributed by atoms with Crippen LogP contribution in [0.5, 0.6) is 0 Å². The van der Waals surface area contributed by atoms with Crippen molar-refractivity contribution in [1.29, 1.82) is 0 Å². The van der Waals surface area contributed by atoms with E-state index in [2.05, 4.69) is 43.1 Å². The van der Waals surface area contributed by atoms with Crippen LogP contribution in [-0.4, -0.2) is 9.55 Å². The smallest absolute Gasteiger partial charge is 0.200 e. The first kappa shape index (κ1) is 12.7. The van der Waals surface area contributed by atoms with Gasteiger partial charge in [0.25, 0.3) is 0 Å². The molecule has 0 spiro atoms. The minimum atomic E-state index is 0.583. The van der Waals surface area contributed by atoms with Crippen LogP contribution in [0.4, 0.5) is 5.95 Å². The molecule has 0 bridgehead atoms. The van der Waals surface area contributed by atoms with E-state index >= 15 is 0 Å². The molecule has 0 aliphatic carbocycles. The van der Waals surface area contributed by atoms with Crippen molar-refractivity contribution in [3.63, 3.8) is 0 Å². The summed E-state index contributed by atoms with van der Waals surface area (Å²) >= 11 is 0. The molecule has 0 radical (unpaired) electrons. The molecule has 1 heterocycles. The topological polar surface area (TPSA) is 43.8 Å². The molecule has 2 aromatic rings. The summed E-state index contributed by atoms with van der Waals surface area (Å²) in [6.45, 7) is 4.43. The zero-order chi connectivity index (χ0) is 13.1. The summed E-state index contributed by atoms with van der Waals surface area (Å²) < 4.78 is 1.95. The first-order chi connectivity index (χ1) is 8.58. The first-order valence-corrected chi connectivity index (χ1v) is 6.43. The molecule has 0 saturated carbocycles. The SMILES string of the molecule is CC(C)c1ccc(CCc2cnc(N)n2C)cc1. The monoisotopic (exact) mass is 243 g/mol. The van der Waals surface area contributed by atoms with Crippen LogP contribution in [0.2, 0.25) is 0 Å². The molecule has 0 aliphatic heterocycles. The lowest BCUT2D eigenvalue weighted by Gasteiger charge is -2.07. The highest BCUT2D eigenvalue weighted by atomic mass is 15.1. The molecule has 18 heavy (non-hydrogen) atoms. The predicted molar refractivity (Wildman–Crippen MR) is 75.6 cm³/mol. The number of benzene rings is 1. The Bertz CT molecular complexity index is 509. The van der Waals surface area contributed by atoms with Crippen molar-refractivity contribution in [1.82, 2.24) is 9.55 Å². The van der Waals surface area contributed by atoms with Crippen molar-refractivity contribution in [3.8, 4) is 0 Å². The number of imidazole rings is 1. The fourth-order valence-electron chi connectivity index (χ4n) is 2.03. The Morgan fingerprint density at radius 2 is 1.83 bits per heavy atom. The van der Waals surface area contributed by atoms with Gasteiger partial charge in [-0.05, 0) is 29.9 Å². The van der Waals surface area contributed by atoms with Crippen molar-refractivity contribution >= 4 is 5.95 Å². The van der Waals surface area contributed by atoms with Crippen LogP contribution in [0.3, 0.4) is 0 Å². The minimum absolute atomic E-state index is 0.583. The zero-order valence-corrected chi connectivity index (χ0v) is 11.4. The summed E-state index contributed by atoms with van der Waals surface area (Å²) in [4.78, 5) is 4.11. The maximum absolute atomic E-state index is 5.71. The standard InChI is InChI=1S/C15H21N3/c1-11(2)13-7-4-12(5-8-13)6-9-14-10-17-15(16)18(14)3/h4-5,7-8,10-11H,6,9H2,1-3H3,(H2,16,17). The Kier molecular flexibility index (Phi) is 3.70. The summed E-state index contributed by atoms with van der Waals surface area (Å²) in [5.41, 5.74) is 9.65. The second-order valence-corrected chi connectivity index (χ2v) is 5.06. The number of rotatable bonds is 4. The number of nitrogen functional groups attached to an aromatic ring is 1. The number of nitrogens with two attached hydrogens (primary N) is 1. The Hall–Kier alpha value is -1.77. The molecule has 0 saturated heterocycles. The largest absolute Gasteiger partial charge is 0.369 e. The van der Waals surface area contributed by atoms with Crippen molar-refractivity contribution < 1.29 is 0 Å². The second kappa shape index (κ2) is 5.25. The molecule has 96 valence electrons. The van der Waals surface area contributed by atoms with Gasteiger partial charge >= 0.3 is 0 Å². The van der Waals surface area contributed by atoms with Crippen LogP contribution in [-0.2, 0) is 19.9 Å². The molecule has 0 amide bonds. The van der Waals surface area contributed by atoms with E-state index in [0.717, 1.165) is 12.8 Å². The fourth-order valence-corrected chi connectivity index (χ4v) is 2.03. The van der Waals surface area contributed by atoms with Gasteiger partial charge < -0.3 is 10.3 Å². The van der Waals surface area contributed by atoms with Crippen molar-refractivity contribution in [2.75, 3.05) is 5.73 Å². The van der Waals surface area contributed by atoms with E-state index in [9.17, 15) is 0 Å². The highest BCUT2D eigenvalue weighted by Crippen LogP contribution is 2.16. The summed E-state index contributed by atoms with van der Waals surface area (Å²) in [6.07, 6.45) is 3.86. The van der Waals surface area contributed by atoms with Crippen LogP contribution in [0.25, 0.3) is 0 Å². The average molecular weight is 243 g/mol. The molecule has 0 atom stereocenters. The molecule has 0 unspecified atom stereocenters. The summed E-state index contributed by atoms with van der Waals surface area (Å²) in [6, 6.07) is 8.87. The third-order valence-electron chi connectivity index (χ3n) is 3.44. The minimum Gasteiger partial charge on any atom is -0.369 e. The Balaban J connectivity index is 2.00. The molecule has 2 rings (SSSR count). The number of hydrogen-bond donors (Lipinski definition) is 1. The van der Waals surface area contributed by atoms with Gasteiger partial charge in [0.1, 0.15) is 0 Å². The third kappa shape index (κ3) is 2.73. The summed E-state index contributed by atoms with van der Waals surface area (Å²) in [7, 11) is 1.96. The van der Waals surface area contributed by atoms with Gasteiger partial charge in [0.05, 0.1) is 6.20 Å². The lowest BCUT2D eigenvalue weighted by molar-refractivity contribution is 0.805. The normalized spacial score (nSPS) is 11.1. The average Bonchev–Trinajstić information content (AvgIpc) is 2.68. The third-order valence-corrected chi connectivity index (χ3v) is 3.44. The van der Waals surface area contributed by atoms with Crippen LogP contribution in [0.1, 0.15) is 36.6 Å². The lowest BCUT2D eigenvalue weighted by Crippen LogP contribution is -2.02. The quantitative estimate of drug-likeness (QED) is 0.897. The van der Waals surface area contributed by atoms with E-state index in [-0.39, 0.29) is 0 Å². The Morgan fingerprint density at radius 1 is 1.17 bits per heavy atom. The fraction of sp³-hybridized carbons (Fsp3) is 0.400.